The first-order valence-corrected chi connectivity index (χ1v) is 10.7. The highest BCUT2D eigenvalue weighted by molar-refractivity contribution is 7.89. The van der Waals surface area contributed by atoms with Crippen molar-refractivity contribution in [2.75, 3.05) is 32.8 Å². The zero-order valence-electron chi connectivity index (χ0n) is 15.8. The monoisotopic (exact) mass is 411 g/mol. The van der Waals surface area contributed by atoms with Crippen molar-refractivity contribution in [1.29, 1.82) is 0 Å². The maximum atomic E-state index is 12.5. The van der Waals surface area contributed by atoms with E-state index in [1.807, 2.05) is 0 Å². The number of carbonyl (C=O) groups excluding carboxylic acids is 2. The number of nitrogens with zero attached hydrogens (tertiary/aromatic N) is 2. The number of nitrogens with one attached hydrogen (secondary N) is 1. The molecular weight excluding hydrogens is 386 g/mol. The molecule has 1 aromatic rings. The number of sulfonamides is 1. The third kappa shape index (κ3) is 4.81. The smallest absolute Gasteiger partial charge is 0.410 e. The Hall–Kier alpha value is -2.17. The molecule has 2 heterocycles. The van der Waals surface area contributed by atoms with Gasteiger partial charge in [0.2, 0.25) is 15.9 Å². The van der Waals surface area contributed by atoms with Gasteiger partial charge in [0.15, 0.2) is 0 Å². The van der Waals surface area contributed by atoms with Crippen LogP contribution >= 0.6 is 0 Å². The zero-order chi connectivity index (χ0) is 20.3. The van der Waals surface area contributed by atoms with E-state index >= 15 is 0 Å². The highest BCUT2D eigenvalue weighted by Gasteiger charge is 2.28. The van der Waals surface area contributed by atoms with Gasteiger partial charge < -0.3 is 14.7 Å². The first-order chi connectivity index (χ1) is 13.3. The molecule has 0 radical (unpaired) electrons. The molecule has 1 saturated heterocycles. The van der Waals surface area contributed by atoms with Crippen LogP contribution < -0.4 is 4.72 Å². The van der Waals surface area contributed by atoms with E-state index in [1.165, 1.54) is 4.90 Å². The predicted molar refractivity (Wildman–Crippen MR) is 100.0 cm³/mol. The van der Waals surface area contributed by atoms with Crippen LogP contribution in [0.1, 0.15) is 24.5 Å². The van der Waals surface area contributed by atoms with Crippen LogP contribution in [0.2, 0.25) is 0 Å². The van der Waals surface area contributed by atoms with Gasteiger partial charge in [0.25, 0.3) is 0 Å². The Morgan fingerprint density at radius 3 is 2.79 bits per heavy atom. The Kier molecular flexibility index (Phi) is 6.21. The molecular formula is C18H25N3O6S. The standard InChI is InChI=1S/C18H25N3O6S/c1-13(22)4-6-19-28(25,26)16-3-2-14-5-7-20(11-15(14)10-16)17(23)12-21-8-9-27-18(21)24/h2-3,10,13,19,22H,4-9,11-12H2,1H3. The lowest BCUT2D eigenvalue weighted by molar-refractivity contribution is -0.132. The number of ether oxygens (including phenoxy) is 1. The number of cyclic esters (lactones) is 1. The SMILES string of the molecule is CC(O)CCNS(=O)(=O)c1ccc2c(c1)CN(C(=O)CN1CCOC1=O)CC2. The molecule has 2 amide bonds. The van der Waals surface area contributed by atoms with Crippen molar-refractivity contribution in [3.63, 3.8) is 0 Å². The molecule has 2 N–H and O–H groups in total. The summed E-state index contributed by atoms with van der Waals surface area (Å²) in [5.74, 6) is -0.187. The van der Waals surface area contributed by atoms with Gasteiger partial charge in [0.05, 0.1) is 17.5 Å². The first kappa shape index (κ1) is 20.6. The molecule has 2 aliphatic rings. The van der Waals surface area contributed by atoms with Crippen LogP contribution in [-0.2, 0) is 32.5 Å². The molecule has 1 atom stereocenters. The van der Waals surface area contributed by atoms with Crippen molar-refractivity contribution >= 4 is 22.0 Å². The Labute approximate surface area is 164 Å². The number of rotatable bonds is 7. The normalized spacial score (nSPS) is 18.0. The fraction of sp³-hybridized carbons (Fsp3) is 0.556. The molecule has 0 aliphatic carbocycles. The van der Waals surface area contributed by atoms with Crippen molar-refractivity contribution in [1.82, 2.24) is 14.5 Å². The van der Waals surface area contributed by atoms with E-state index in [2.05, 4.69) is 4.72 Å². The minimum Gasteiger partial charge on any atom is -0.448 e. The summed E-state index contributed by atoms with van der Waals surface area (Å²) in [5.41, 5.74) is 1.79. The average Bonchev–Trinajstić information content (AvgIpc) is 3.05. The van der Waals surface area contributed by atoms with E-state index < -0.39 is 22.2 Å². The molecule has 10 heteroatoms. The van der Waals surface area contributed by atoms with Gasteiger partial charge in [-0.1, -0.05) is 6.07 Å². The topological polar surface area (TPSA) is 116 Å². The Bertz CT molecular complexity index is 855. The molecule has 9 nitrogen and oxygen atoms in total. The summed E-state index contributed by atoms with van der Waals surface area (Å²) >= 11 is 0. The second kappa shape index (κ2) is 8.46. The number of aliphatic hydroxyl groups is 1. The van der Waals surface area contributed by atoms with Crippen molar-refractivity contribution in [2.45, 2.75) is 37.3 Å². The maximum Gasteiger partial charge on any atom is 0.410 e. The van der Waals surface area contributed by atoms with E-state index in [0.29, 0.717) is 32.5 Å². The van der Waals surface area contributed by atoms with E-state index in [9.17, 15) is 23.1 Å². The van der Waals surface area contributed by atoms with E-state index in [1.54, 1.807) is 30.0 Å². The molecule has 0 spiro atoms. The first-order valence-electron chi connectivity index (χ1n) is 9.25. The minimum atomic E-state index is -3.69. The Balaban J connectivity index is 1.67. The van der Waals surface area contributed by atoms with Crippen LogP contribution in [0, 0.1) is 0 Å². The lowest BCUT2D eigenvalue weighted by Crippen LogP contribution is -2.43. The fourth-order valence-electron chi connectivity index (χ4n) is 3.23. The fourth-order valence-corrected chi connectivity index (χ4v) is 4.33. The number of carbonyl (C=O) groups is 2. The molecule has 0 bridgehead atoms. The van der Waals surface area contributed by atoms with Crippen LogP contribution in [-0.4, -0.2) is 74.2 Å². The number of benzene rings is 1. The van der Waals surface area contributed by atoms with Crippen molar-refractivity contribution in [2.24, 2.45) is 0 Å². The molecule has 0 saturated carbocycles. The number of hydrogen-bond donors (Lipinski definition) is 2. The van der Waals surface area contributed by atoms with Crippen molar-refractivity contribution in [3.05, 3.63) is 29.3 Å². The van der Waals surface area contributed by atoms with Crippen LogP contribution in [0.15, 0.2) is 23.1 Å². The van der Waals surface area contributed by atoms with Gasteiger partial charge in [-0.25, -0.2) is 17.9 Å². The average molecular weight is 411 g/mol. The molecule has 1 fully saturated rings. The van der Waals surface area contributed by atoms with Gasteiger partial charge in [0.1, 0.15) is 13.2 Å². The molecule has 0 aromatic heterocycles. The number of hydrogen-bond acceptors (Lipinski definition) is 6. The summed E-state index contributed by atoms with van der Waals surface area (Å²) in [7, 11) is -3.69. The number of fused-ring (bicyclic) bond motifs is 1. The lowest BCUT2D eigenvalue weighted by atomic mass is 10.00. The minimum absolute atomic E-state index is 0.0347. The molecule has 1 unspecified atom stereocenters. The second-order valence-corrected chi connectivity index (χ2v) is 8.83. The largest absolute Gasteiger partial charge is 0.448 e. The van der Waals surface area contributed by atoms with Crippen molar-refractivity contribution < 1.29 is 27.9 Å². The van der Waals surface area contributed by atoms with Crippen LogP contribution in [0.25, 0.3) is 0 Å². The summed E-state index contributed by atoms with van der Waals surface area (Å²) in [4.78, 5) is 27.2. The lowest BCUT2D eigenvalue weighted by Gasteiger charge is -2.30. The van der Waals surface area contributed by atoms with Crippen molar-refractivity contribution in [3.8, 4) is 0 Å². The van der Waals surface area contributed by atoms with Crippen LogP contribution in [0.5, 0.6) is 0 Å². The molecule has 2 aliphatic heterocycles. The zero-order valence-corrected chi connectivity index (χ0v) is 16.6. The van der Waals surface area contributed by atoms with Gasteiger partial charge in [-0.15, -0.1) is 0 Å². The van der Waals surface area contributed by atoms with E-state index in [0.717, 1.165) is 11.1 Å². The molecule has 3 rings (SSSR count). The molecule has 1 aromatic carbocycles. The van der Waals surface area contributed by atoms with Gasteiger partial charge >= 0.3 is 6.09 Å². The summed E-state index contributed by atoms with van der Waals surface area (Å²) in [6, 6.07) is 4.92. The quantitative estimate of drug-likeness (QED) is 0.656. The van der Waals surface area contributed by atoms with Crippen LogP contribution in [0.4, 0.5) is 4.79 Å². The summed E-state index contributed by atoms with van der Waals surface area (Å²) in [6.07, 6.45) is -0.117. The highest BCUT2D eigenvalue weighted by Crippen LogP contribution is 2.23. The third-order valence-electron chi connectivity index (χ3n) is 4.88. The molecule has 154 valence electrons. The van der Waals surface area contributed by atoms with E-state index in [-0.39, 0.29) is 30.5 Å². The summed E-state index contributed by atoms with van der Waals surface area (Å²) in [6.45, 7) is 3.22. The second-order valence-electron chi connectivity index (χ2n) is 7.07. The van der Waals surface area contributed by atoms with E-state index in [4.69, 9.17) is 4.74 Å². The van der Waals surface area contributed by atoms with Gasteiger partial charge in [-0.3, -0.25) is 9.69 Å². The Morgan fingerprint density at radius 2 is 2.11 bits per heavy atom. The third-order valence-corrected chi connectivity index (χ3v) is 6.34. The van der Waals surface area contributed by atoms with Crippen LogP contribution in [0.3, 0.4) is 0 Å². The predicted octanol–water partition coefficient (Wildman–Crippen LogP) is 0.0727. The number of amides is 2. The van der Waals surface area contributed by atoms with Gasteiger partial charge in [-0.2, -0.15) is 0 Å². The Morgan fingerprint density at radius 1 is 1.32 bits per heavy atom. The summed E-state index contributed by atoms with van der Waals surface area (Å²) in [5, 5.41) is 9.27. The van der Waals surface area contributed by atoms with Gasteiger partial charge in [0, 0.05) is 19.6 Å². The summed E-state index contributed by atoms with van der Waals surface area (Å²) < 4.78 is 32.2. The number of aliphatic hydroxyl groups excluding tert-OH is 1. The maximum absolute atomic E-state index is 12.5. The van der Waals surface area contributed by atoms with Gasteiger partial charge in [-0.05, 0) is 43.0 Å². The molecule has 28 heavy (non-hydrogen) atoms. The highest BCUT2D eigenvalue weighted by atomic mass is 32.2.